The first kappa shape index (κ1) is 32.1. The second-order valence-corrected chi connectivity index (χ2v) is 14.5. The molecular formula is C53H34N2O. The van der Waals surface area contributed by atoms with Crippen LogP contribution in [-0.4, -0.2) is 9.97 Å². The van der Waals surface area contributed by atoms with Crippen LogP contribution in [0.3, 0.4) is 0 Å². The molecular weight excluding hydrogens is 681 g/mol. The highest BCUT2D eigenvalue weighted by Crippen LogP contribution is 2.51. The Morgan fingerprint density at radius 1 is 0.357 bits per heavy atom. The number of rotatable bonds is 6. The first-order chi connectivity index (χ1) is 27.7. The molecule has 0 amide bonds. The summed E-state index contributed by atoms with van der Waals surface area (Å²) in [5, 5.41) is 2.06. The van der Waals surface area contributed by atoms with E-state index in [9.17, 15) is 0 Å². The number of furan rings is 1. The summed E-state index contributed by atoms with van der Waals surface area (Å²) < 4.78 is 6.75. The van der Waals surface area contributed by atoms with Crippen molar-refractivity contribution < 1.29 is 4.42 Å². The van der Waals surface area contributed by atoms with Gasteiger partial charge in [-0.25, -0.2) is 9.97 Å². The van der Waals surface area contributed by atoms with E-state index in [2.05, 4.69) is 158 Å². The van der Waals surface area contributed by atoms with Crippen molar-refractivity contribution in [2.24, 2.45) is 0 Å². The lowest BCUT2D eigenvalue weighted by molar-refractivity contribution is 0.668. The summed E-state index contributed by atoms with van der Waals surface area (Å²) in [5.41, 5.74) is 17.7. The Morgan fingerprint density at radius 2 is 0.875 bits per heavy atom. The second-order valence-electron chi connectivity index (χ2n) is 14.5. The Kier molecular flexibility index (Phi) is 7.56. The molecule has 0 unspecified atom stereocenters. The fourth-order valence-electron chi connectivity index (χ4n) is 8.53. The molecule has 0 N–H and O–H groups in total. The maximum absolute atomic E-state index is 6.75. The number of hydrogen-bond acceptors (Lipinski definition) is 3. The SMILES string of the molecule is c1ccc(-c2ccc3c(c2)C(c2ccc4c(c2)oc2cccc(-c5nc(-c6ccccc6)cc(-c6ccccc6)n5)c24)c2cc(-c4ccccc4)ccc2-3)cc1. The van der Waals surface area contributed by atoms with E-state index >= 15 is 0 Å². The average Bonchev–Trinajstić information content (AvgIpc) is 3.82. The topological polar surface area (TPSA) is 38.9 Å². The van der Waals surface area contributed by atoms with Crippen molar-refractivity contribution in [2.45, 2.75) is 5.92 Å². The quantitative estimate of drug-likeness (QED) is 0.172. The van der Waals surface area contributed by atoms with Crippen LogP contribution >= 0.6 is 0 Å². The minimum absolute atomic E-state index is 0.0312. The van der Waals surface area contributed by atoms with E-state index in [1.165, 1.54) is 50.1 Å². The summed E-state index contributed by atoms with van der Waals surface area (Å²) >= 11 is 0. The monoisotopic (exact) mass is 714 g/mol. The van der Waals surface area contributed by atoms with Gasteiger partial charge in [-0.05, 0) is 80.4 Å². The smallest absolute Gasteiger partial charge is 0.161 e. The van der Waals surface area contributed by atoms with Gasteiger partial charge in [0.25, 0.3) is 0 Å². The third kappa shape index (κ3) is 5.44. The summed E-state index contributed by atoms with van der Waals surface area (Å²) in [7, 11) is 0. The van der Waals surface area contributed by atoms with Crippen LogP contribution in [-0.2, 0) is 0 Å². The van der Waals surface area contributed by atoms with Crippen LogP contribution in [0.5, 0.6) is 0 Å². The Bertz CT molecular complexity index is 2910. The minimum atomic E-state index is 0.0312. The second kappa shape index (κ2) is 13.2. The van der Waals surface area contributed by atoms with Gasteiger partial charge in [0.2, 0.25) is 0 Å². The van der Waals surface area contributed by atoms with E-state index in [1.807, 2.05) is 42.5 Å². The standard InChI is InChI=1S/C53H34N2O/c1-5-14-34(15-6-1)38-24-27-41-42-28-25-39(35-16-7-2-8-17-35)31-46(42)51(45(41)30-38)40-26-29-43-50(32-40)56-49-23-13-22-44(52(43)49)53-54-47(36-18-9-3-10-19-36)33-48(55-53)37-20-11-4-12-21-37/h1-33,51H. The van der Waals surface area contributed by atoms with Crippen molar-refractivity contribution in [3.05, 3.63) is 217 Å². The molecule has 262 valence electrons. The summed E-state index contributed by atoms with van der Waals surface area (Å²) in [5.74, 6) is 0.701. The third-order valence-corrected chi connectivity index (χ3v) is 11.2. The summed E-state index contributed by atoms with van der Waals surface area (Å²) in [4.78, 5) is 10.4. The Labute approximate surface area is 325 Å². The number of hydrogen-bond donors (Lipinski definition) is 0. The molecule has 8 aromatic carbocycles. The third-order valence-electron chi connectivity index (χ3n) is 11.2. The van der Waals surface area contributed by atoms with Gasteiger partial charge >= 0.3 is 0 Å². The fraction of sp³-hybridized carbons (Fsp3) is 0.0189. The van der Waals surface area contributed by atoms with Gasteiger partial charge in [-0.15, -0.1) is 0 Å². The first-order valence-electron chi connectivity index (χ1n) is 19.1. The molecule has 1 aliphatic carbocycles. The van der Waals surface area contributed by atoms with Crippen molar-refractivity contribution in [2.75, 3.05) is 0 Å². The van der Waals surface area contributed by atoms with E-state index in [1.54, 1.807) is 0 Å². The van der Waals surface area contributed by atoms with Gasteiger partial charge in [0.05, 0.1) is 11.4 Å². The van der Waals surface area contributed by atoms with Crippen molar-refractivity contribution >= 4 is 21.9 Å². The van der Waals surface area contributed by atoms with Gasteiger partial charge in [-0.3, -0.25) is 0 Å². The van der Waals surface area contributed by atoms with E-state index < -0.39 is 0 Å². The van der Waals surface area contributed by atoms with Gasteiger partial charge in [0, 0.05) is 33.4 Å². The van der Waals surface area contributed by atoms with Crippen LogP contribution in [0, 0.1) is 0 Å². The lowest BCUT2D eigenvalue weighted by Gasteiger charge is -2.16. The highest BCUT2D eigenvalue weighted by atomic mass is 16.3. The molecule has 2 aromatic heterocycles. The molecule has 0 aliphatic heterocycles. The average molecular weight is 715 g/mol. The maximum Gasteiger partial charge on any atom is 0.161 e. The van der Waals surface area contributed by atoms with Gasteiger partial charge in [-0.1, -0.05) is 170 Å². The first-order valence-corrected chi connectivity index (χ1v) is 19.1. The molecule has 0 fully saturated rings. The highest BCUT2D eigenvalue weighted by Gasteiger charge is 2.31. The lowest BCUT2D eigenvalue weighted by atomic mass is 9.86. The van der Waals surface area contributed by atoms with E-state index in [0.717, 1.165) is 50.0 Å². The van der Waals surface area contributed by atoms with Crippen molar-refractivity contribution in [3.8, 4) is 67.3 Å². The van der Waals surface area contributed by atoms with Crippen LogP contribution in [0.25, 0.3) is 89.2 Å². The molecule has 0 atom stereocenters. The molecule has 0 spiro atoms. The van der Waals surface area contributed by atoms with Gasteiger partial charge < -0.3 is 4.42 Å². The van der Waals surface area contributed by atoms with Crippen molar-refractivity contribution in [1.82, 2.24) is 9.97 Å². The van der Waals surface area contributed by atoms with Gasteiger partial charge in [0.1, 0.15) is 11.2 Å². The number of benzene rings is 8. The summed E-state index contributed by atoms with van der Waals surface area (Å²) in [6, 6.07) is 70.9. The van der Waals surface area contributed by atoms with Gasteiger partial charge in [-0.2, -0.15) is 0 Å². The molecule has 0 saturated carbocycles. The zero-order valence-electron chi connectivity index (χ0n) is 30.4. The predicted octanol–water partition coefficient (Wildman–Crippen LogP) is 13.9. The van der Waals surface area contributed by atoms with Crippen LogP contribution in [0.1, 0.15) is 22.6 Å². The summed E-state index contributed by atoms with van der Waals surface area (Å²) in [6.45, 7) is 0. The van der Waals surface area contributed by atoms with E-state index in [0.29, 0.717) is 5.82 Å². The number of aromatic nitrogens is 2. The molecule has 1 aliphatic rings. The highest BCUT2D eigenvalue weighted by molar-refractivity contribution is 6.12. The molecule has 11 rings (SSSR count). The van der Waals surface area contributed by atoms with E-state index in [4.69, 9.17) is 14.4 Å². The number of fused-ring (bicyclic) bond motifs is 6. The predicted molar refractivity (Wildman–Crippen MR) is 229 cm³/mol. The van der Waals surface area contributed by atoms with Crippen molar-refractivity contribution in [3.63, 3.8) is 0 Å². The Morgan fingerprint density at radius 3 is 1.41 bits per heavy atom. The maximum atomic E-state index is 6.75. The molecule has 0 radical (unpaired) electrons. The largest absolute Gasteiger partial charge is 0.456 e. The molecule has 0 bridgehead atoms. The fourth-order valence-corrected chi connectivity index (χ4v) is 8.53. The zero-order chi connectivity index (χ0) is 37.0. The number of nitrogens with zero attached hydrogens (tertiary/aromatic N) is 2. The van der Waals surface area contributed by atoms with Crippen molar-refractivity contribution in [1.29, 1.82) is 0 Å². The molecule has 2 heterocycles. The van der Waals surface area contributed by atoms with Crippen LogP contribution in [0.4, 0.5) is 0 Å². The minimum Gasteiger partial charge on any atom is -0.456 e. The molecule has 3 heteroatoms. The molecule has 0 saturated heterocycles. The van der Waals surface area contributed by atoms with Gasteiger partial charge in [0.15, 0.2) is 5.82 Å². The van der Waals surface area contributed by atoms with Crippen LogP contribution < -0.4 is 0 Å². The lowest BCUT2D eigenvalue weighted by Crippen LogP contribution is -2.00. The Hall–Kier alpha value is -7.36. The van der Waals surface area contributed by atoms with Crippen LogP contribution in [0.2, 0.25) is 0 Å². The van der Waals surface area contributed by atoms with E-state index in [-0.39, 0.29) is 5.92 Å². The van der Waals surface area contributed by atoms with Crippen LogP contribution in [0.15, 0.2) is 205 Å². The zero-order valence-corrected chi connectivity index (χ0v) is 30.4. The summed E-state index contributed by atoms with van der Waals surface area (Å²) in [6.07, 6.45) is 0. The molecule has 3 nitrogen and oxygen atoms in total. The molecule has 56 heavy (non-hydrogen) atoms. The normalized spacial score (nSPS) is 12.2. The molecule has 10 aromatic rings. The Balaban J connectivity index is 1.08.